The number of halogens is 1. The molecule has 0 aliphatic carbocycles. The summed E-state index contributed by atoms with van der Waals surface area (Å²) in [7, 11) is 0. The SMILES string of the molecule is CCCCCCOc1ccc(N2CCN(c3ccc(C(=O)O)cc3Cl)CC2)cc1. The van der Waals surface area contributed by atoms with Crippen molar-refractivity contribution in [1.82, 2.24) is 0 Å². The Bertz CT molecular complexity index is 802. The lowest BCUT2D eigenvalue weighted by Crippen LogP contribution is -2.46. The number of rotatable bonds is 9. The van der Waals surface area contributed by atoms with Crippen LogP contribution in [-0.4, -0.2) is 43.9 Å². The monoisotopic (exact) mass is 416 g/mol. The van der Waals surface area contributed by atoms with Crippen molar-refractivity contribution >= 4 is 28.9 Å². The van der Waals surface area contributed by atoms with Crippen LogP contribution in [0.4, 0.5) is 11.4 Å². The van der Waals surface area contributed by atoms with Crippen molar-refractivity contribution in [3.05, 3.63) is 53.1 Å². The van der Waals surface area contributed by atoms with Gasteiger partial charge in [0.15, 0.2) is 0 Å². The van der Waals surface area contributed by atoms with Gasteiger partial charge in [0, 0.05) is 31.9 Å². The Labute approximate surface area is 177 Å². The molecule has 5 nitrogen and oxygen atoms in total. The fourth-order valence-electron chi connectivity index (χ4n) is 3.57. The summed E-state index contributed by atoms with van der Waals surface area (Å²) in [6.45, 7) is 6.43. The number of hydrogen-bond acceptors (Lipinski definition) is 4. The van der Waals surface area contributed by atoms with E-state index < -0.39 is 5.97 Å². The highest BCUT2D eigenvalue weighted by atomic mass is 35.5. The summed E-state index contributed by atoms with van der Waals surface area (Å²) >= 11 is 6.31. The molecule has 0 aromatic heterocycles. The zero-order chi connectivity index (χ0) is 20.6. The largest absolute Gasteiger partial charge is 0.494 e. The summed E-state index contributed by atoms with van der Waals surface area (Å²) in [5.41, 5.74) is 2.29. The average molecular weight is 417 g/mol. The predicted octanol–water partition coefficient (Wildman–Crippen LogP) is 5.32. The van der Waals surface area contributed by atoms with Crippen molar-refractivity contribution < 1.29 is 14.6 Å². The van der Waals surface area contributed by atoms with E-state index in [1.165, 1.54) is 31.0 Å². The zero-order valence-electron chi connectivity index (χ0n) is 16.9. The van der Waals surface area contributed by atoms with Gasteiger partial charge in [0.05, 0.1) is 22.9 Å². The third-order valence-electron chi connectivity index (χ3n) is 5.28. The smallest absolute Gasteiger partial charge is 0.335 e. The fraction of sp³-hybridized carbons (Fsp3) is 0.435. The molecular weight excluding hydrogens is 388 g/mol. The van der Waals surface area contributed by atoms with Crippen LogP contribution in [-0.2, 0) is 0 Å². The van der Waals surface area contributed by atoms with E-state index in [9.17, 15) is 4.79 Å². The van der Waals surface area contributed by atoms with Crippen LogP contribution >= 0.6 is 11.6 Å². The normalized spacial score (nSPS) is 14.1. The summed E-state index contributed by atoms with van der Waals surface area (Å²) in [5.74, 6) is -0.0363. The Morgan fingerprint density at radius 3 is 2.31 bits per heavy atom. The second kappa shape index (κ2) is 10.4. The Kier molecular flexibility index (Phi) is 7.64. The van der Waals surface area contributed by atoms with E-state index in [1.807, 2.05) is 12.1 Å². The number of hydrogen-bond donors (Lipinski definition) is 1. The van der Waals surface area contributed by atoms with Gasteiger partial charge in [-0.05, 0) is 48.9 Å². The molecular formula is C23H29ClN2O3. The number of ether oxygens (including phenoxy) is 1. The number of unbranched alkanes of at least 4 members (excludes halogenated alkanes) is 3. The molecule has 0 unspecified atom stereocenters. The first-order valence-electron chi connectivity index (χ1n) is 10.3. The first kappa shape index (κ1) is 21.3. The van der Waals surface area contributed by atoms with E-state index in [-0.39, 0.29) is 5.56 Å². The summed E-state index contributed by atoms with van der Waals surface area (Å²) in [6, 6.07) is 13.3. The van der Waals surface area contributed by atoms with E-state index in [2.05, 4.69) is 28.9 Å². The third kappa shape index (κ3) is 5.80. The van der Waals surface area contributed by atoms with Gasteiger partial charge in [0.2, 0.25) is 0 Å². The molecule has 0 saturated carbocycles. The molecule has 1 aliphatic rings. The second-order valence-corrected chi connectivity index (χ2v) is 7.76. The maximum absolute atomic E-state index is 11.1. The van der Waals surface area contributed by atoms with Crippen LogP contribution in [0.25, 0.3) is 0 Å². The Hall–Kier alpha value is -2.40. The summed E-state index contributed by atoms with van der Waals surface area (Å²) < 4.78 is 5.83. The molecule has 29 heavy (non-hydrogen) atoms. The Morgan fingerprint density at radius 1 is 1.00 bits per heavy atom. The summed E-state index contributed by atoms with van der Waals surface area (Å²) in [4.78, 5) is 15.6. The van der Waals surface area contributed by atoms with Crippen molar-refractivity contribution in [2.75, 3.05) is 42.6 Å². The van der Waals surface area contributed by atoms with Gasteiger partial charge in [-0.2, -0.15) is 0 Å². The summed E-state index contributed by atoms with van der Waals surface area (Å²) in [6.07, 6.45) is 4.83. The van der Waals surface area contributed by atoms with Crippen LogP contribution in [0, 0.1) is 0 Å². The highest BCUT2D eigenvalue weighted by Crippen LogP contribution is 2.29. The van der Waals surface area contributed by atoms with Gasteiger partial charge in [0.1, 0.15) is 5.75 Å². The number of carboxylic acid groups (broad SMARTS) is 1. The van der Waals surface area contributed by atoms with Crippen molar-refractivity contribution in [3.8, 4) is 5.75 Å². The van der Waals surface area contributed by atoms with Gasteiger partial charge in [-0.15, -0.1) is 0 Å². The van der Waals surface area contributed by atoms with Gasteiger partial charge in [-0.25, -0.2) is 4.79 Å². The minimum Gasteiger partial charge on any atom is -0.494 e. The highest BCUT2D eigenvalue weighted by Gasteiger charge is 2.20. The molecule has 3 rings (SSSR count). The van der Waals surface area contributed by atoms with Crippen LogP contribution in [0.2, 0.25) is 5.02 Å². The predicted molar refractivity (Wildman–Crippen MR) is 119 cm³/mol. The molecule has 156 valence electrons. The van der Waals surface area contributed by atoms with Crippen molar-refractivity contribution in [3.63, 3.8) is 0 Å². The molecule has 0 spiro atoms. The van der Waals surface area contributed by atoms with E-state index in [0.29, 0.717) is 5.02 Å². The minimum absolute atomic E-state index is 0.213. The maximum atomic E-state index is 11.1. The van der Waals surface area contributed by atoms with E-state index >= 15 is 0 Å². The van der Waals surface area contributed by atoms with E-state index in [4.69, 9.17) is 21.4 Å². The van der Waals surface area contributed by atoms with Crippen LogP contribution in [0.15, 0.2) is 42.5 Å². The number of carbonyl (C=O) groups is 1. The molecule has 1 aliphatic heterocycles. The number of benzene rings is 2. The quantitative estimate of drug-likeness (QED) is 0.560. The Balaban J connectivity index is 1.51. The van der Waals surface area contributed by atoms with Gasteiger partial charge < -0.3 is 19.6 Å². The molecule has 0 amide bonds. The number of nitrogens with zero attached hydrogens (tertiary/aromatic N) is 2. The molecule has 1 N–H and O–H groups in total. The lowest BCUT2D eigenvalue weighted by Gasteiger charge is -2.37. The molecule has 1 fully saturated rings. The van der Waals surface area contributed by atoms with Crippen molar-refractivity contribution in [2.45, 2.75) is 32.6 Å². The highest BCUT2D eigenvalue weighted by molar-refractivity contribution is 6.33. The molecule has 2 aromatic rings. The number of anilines is 2. The second-order valence-electron chi connectivity index (χ2n) is 7.35. The molecule has 0 atom stereocenters. The van der Waals surface area contributed by atoms with E-state index in [0.717, 1.165) is 50.6 Å². The molecule has 1 heterocycles. The van der Waals surface area contributed by atoms with Gasteiger partial charge in [-0.1, -0.05) is 37.8 Å². The fourth-order valence-corrected chi connectivity index (χ4v) is 3.87. The van der Waals surface area contributed by atoms with Crippen LogP contribution in [0.3, 0.4) is 0 Å². The maximum Gasteiger partial charge on any atom is 0.335 e. The number of carboxylic acids is 1. The summed E-state index contributed by atoms with van der Waals surface area (Å²) in [5, 5.41) is 9.57. The molecule has 2 aromatic carbocycles. The standard InChI is InChI=1S/C23H29ClN2O3/c1-2-3-4-5-16-29-20-9-7-19(8-10-20)25-12-14-26(15-13-25)22-11-6-18(23(27)28)17-21(22)24/h6-11,17H,2-5,12-16H2,1H3,(H,27,28). The molecule has 1 saturated heterocycles. The van der Waals surface area contributed by atoms with Crippen LogP contribution in [0.1, 0.15) is 43.0 Å². The van der Waals surface area contributed by atoms with Gasteiger partial charge in [-0.3, -0.25) is 0 Å². The van der Waals surface area contributed by atoms with Gasteiger partial charge in [0.25, 0.3) is 0 Å². The van der Waals surface area contributed by atoms with Crippen LogP contribution in [0.5, 0.6) is 5.75 Å². The van der Waals surface area contributed by atoms with Crippen molar-refractivity contribution in [2.24, 2.45) is 0 Å². The van der Waals surface area contributed by atoms with Crippen molar-refractivity contribution in [1.29, 1.82) is 0 Å². The first-order chi connectivity index (χ1) is 14.1. The lowest BCUT2D eigenvalue weighted by molar-refractivity contribution is 0.0697. The van der Waals surface area contributed by atoms with E-state index in [1.54, 1.807) is 12.1 Å². The average Bonchev–Trinajstić information content (AvgIpc) is 2.74. The molecule has 0 bridgehead atoms. The van der Waals surface area contributed by atoms with Crippen LogP contribution < -0.4 is 14.5 Å². The number of piperazine rings is 1. The van der Waals surface area contributed by atoms with Gasteiger partial charge >= 0.3 is 5.97 Å². The number of aromatic carboxylic acids is 1. The lowest BCUT2D eigenvalue weighted by atomic mass is 10.1. The molecule has 6 heteroatoms. The minimum atomic E-state index is -0.961. The topological polar surface area (TPSA) is 53.0 Å². The Morgan fingerprint density at radius 2 is 1.69 bits per heavy atom. The first-order valence-corrected chi connectivity index (χ1v) is 10.7. The third-order valence-corrected chi connectivity index (χ3v) is 5.59. The zero-order valence-corrected chi connectivity index (χ0v) is 17.7. The molecule has 0 radical (unpaired) electrons.